The predicted octanol–water partition coefficient (Wildman–Crippen LogP) is 2.74. The molecule has 0 unspecified atom stereocenters. The van der Waals surface area contributed by atoms with Gasteiger partial charge in [-0.2, -0.15) is 0 Å². The van der Waals surface area contributed by atoms with E-state index in [1.165, 1.54) is 29.9 Å². The topological polar surface area (TPSA) is 22.1 Å². The lowest BCUT2D eigenvalue weighted by Crippen LogP contribution is -2.45. The smallest absolute Gasteiger partial charge is 0.0954 e. The number of anilines is 1. The monoisotopic (exact) mass is 316 g/mol. The minimum atomic E-state index is 0.706. The fourth-order valence-corrected chi connectivity index (χ4v) is 3.22. The second kappa shape index (κ2) is 8.34. The summed E-state index contributed by atoms with van der Waals surface area (Å²) in [6, 6.07) is 9.64. The average Bonchev–Trinajstić information content (AvgIpc) is 2.59. The zero-order valence-electron chi connectivity index (χ0n) is 15.4. The van der Waals surface area contributed by atoms with Gasteiger partial charge in [0.05, 0.1) is 5.84 Å². The third-order valence-corrected chi connectivity index (χ3v) is 5.08. The minimum absolute atomic E-state index is 0.706. The lowest BCUT2D eigenvalue weighted by Gasteiger charge is -2.37. The van der Waals surface area contributed by atoms with Crippen LogP contribution in [0, 0.1) is 0 Å². The molecule has 4 heteroatoms. The molecule has 0 aromatic heterocycles. The van der Waals surface area contributed by atoms with Gasteiger partial charge in [-0.1, -0.05) is 12.1 Å². The Morgan fingerprint density at radius 3 is 2.26 bits per heavy atom. The second-order valence-electron chi connectivity index (χ2n) is 6.78. The third kappa shape index (κ3) is 4.96. The number of rotatable bonds is 5. The highest BCUT2D eigenvalue weighted by Crippen LogP contribution is 2.17. The van der Waals surface area contributed by atoms with Crippen LogP contribution in [0.4, 0.5) is 5.69 Å². The Morgan fingerprint density at radius 1 is 1.13 bits per heavy atom. The van der Waals surface area contributed by atoms with Gasteiger partial charge in [0.25, 0.3) is 0 Å². The van der Waals surface area contributed by atoms with Crippen LogP contribution in [0.3, 0.4) is 0 Å². The van der Waals surface area contributed by atoms with E-state index in [4.69, 9.17) is 0 Å². The van der Waals surface area contributed by atoms with Crippen molar-refractivity contribution >= 4 is 11.5 Å². The van der Waals surface area contributed by atoms with Gasteiger partial charge in [0.2, 0.25) is 0 Å². The maximum Gasteiger partial charge on any atom is 0.0954 e. The van der Waals surface area contributed by atoms with Crippen molar-refractivity contribution in [2.24, 2.45) is 4.99 Å². The van der Waals surface area contributed by atoms with E-state index in [0.29, 0.717) is 6.04 Å². The van der Waals surface area contributed by atoms with Crippen LogP contribution in [0.2, 0.25) is 0 Å². The van der Waals surface area contributed by atoms with Crippen LogP contribution < -0.4 is 4.90 Å². The number of benzene rings is 1. The largest absolute Gasteiger partial charge is 0.378 e. The summed E-state index contributed by atoms with van der Waals surface area (Å²) in [5, 5.41) is 0. The van der Waals surface area contributed by atoms with Gasteiger partial charge < -0.3 is 14.7 Å². The Bertz CT molecular complexity index is 499. The van der Waals surface area contributed by atoms with E-state index in [1.807, 2.05) is 7.05 Å². The van der Waals surface area contributed by atoms with E-state index in [2.05, 4.69) is 72.0 Å². The van der Waals surface area contributed by atoms with Gasteiger partial charge >= 0.3 is 0 Å². The number of likely N-dealkylation sites (N-methyl/N-ethyl adjacent to an activating group) is 1. The van der Waals surface area contributed by atoms with Crippen LogP contribution in [-0.4, -0.2) is 69.5 Å². The first-order valence-electron chi connectivity index (χ1n) is 8.66. The Labute approximate surface area is 141 Å². The van der Waals surface area contributed by atoms with E-state index in [0.717, 1.165) is 26.1 Å². The van der Waals surface area contributed by atoms with Gasteiger partial charge in [0, 0.05) is 52.5 Å². The molecule has 0 N–H and O–H groups in total. The van der Waals surface area contributed by atoms with Crippen LogP contribution in [0.5, 0.6) is 0 Å². The number of piperidine rings is 1. The van der Waals surface area contributed by atoms with E-state index >= 15 is 0 Å². The zero-order valence-corrected chi connectivity index (χ0v) is 15.4. The van der Waals surface area contributed by atoms with Crippen molar-refractivity contribution in [3.05, 3.63) is 29.8 Å². The minimum Gasteiger partial charge on any atom is -0.378 e. The van der Waals surface area contributed by atoms with Crippen molar-refractivity contribution in [3.63, 3.8) is 0 Å². The fraction of sp³-hybridized carbons (Fsp3) is 0.632. The van der Waals surface area contributed by atoms with Crippen molar-refractivity contribution in [1.82, 2.24) is 9.80 Å². The molecule has 0 amide bonds. The van der Waals surface area contributed by atoms with E-state index in [-0.39, 0.29) is 0 Å². The molecule has 1 saturated heterocycles. The Kier molecular flexibility index (Phi) is 6.46. The molecule has 0 radical (unpaired) electrons. The average molecular weight is 316 g/mol. The van der Waals surface area contributed by atoms with Crippen LogP contribution in [-0.2, 0) is 6.42 Å². The van der Waals surface area contributed by atoms with E-state index < -0.39 is 0 Å². The number of amidine groups is 1. The van der Waals surface area contributed by atoms with Crippen LogP contribution >= 0.6 is 0 Å². The molecule has 1 aromatic carbocycles. The Morgan fingerprint density at radius 2 is 1.74 bits per heavy atom. The zero-order chi connectivity index (χ0) is 16.8. The molecule has 1 aliphatic rings. The molecular weight excluding hydrogens is 284 g/mol. The van der Waals surface area contributed by atoms with Crippen molar-refractivity contribution in [2.45, 2.75) is 32.2 Å². The quantitative estimate of drug-likeness (QED) is 0.616. The normalized spacial score (nSPS) is 17.0. The summed E-state index contributed by atoms with van der Waals surface area (Å²) in [5.74, 6) is 1.17. The summed E-state index contributed by atoms with van der Waals surface area (Å²) in [6.45, 7) is 5.51. The van der Waals surface area contributed by atoms with Crippen LogP contribution in [0.15, 0.2) is 29.3 Å². The number of hydrogen-bond acceptors (Lipinski definition) is 3. The molecule has 128 valence electrons. The molecule has 1 heterocycles. The predicted molar refractivity (Wildman–Crippen MR) is 101 cm³/mol. The first-order chi connectivity index (χ1) is 11.0. The van der Waals surface area contributed by atoms with E-state index in [9.17, 15) is 0 Å². The molecule has 1 fully saturated rings. The van der Waals surface area contributed by atoms with Crippen molar-refractivity contribution in [3.8, 4) is 0 Å². The highest BCUT2D eigenvalue weighted by molar-refractivity contribution is 5.79. The molecule has 0 saturated carbocycles. The van der Waals surface area contributed by atoms with Gasteiger partial charge in [0.1, 0.15) is 0 Å². The molecule has 23 heavy (non-hydrogen) atoms. The number of hydrogen-bond donors (Lipinski definition) is 0. The maximum atomic E-state index is 4.30. The maximum absolute atomic E-state index is 4.30. The van der Waals surface area contributed by atoms with Crippen molar-refractivity contribution < 1.29 is 0 Å². The van der Waals surface area contributed by atoms with Crippen LogP contribution in [0.1, 0.15) is 25.3 Å². The van der Waals surface area contributed by atoms with Gasteiger partial charge in [-0.05, 0) is 50.9 Å². The third-order valence-electron chi connectivity index (χ3n) is 5.08. The standard InChI is InChI=1S/C19H32N4/c1-16(20-2)23-14-11-19(12-15-23)22(5)13-10-17-6-8-18(9-7-17)21(3)4/h6-9,19H,10-15H2,1-5H3. The van der Waals surface area contributed by atoms with E-state index in [1.54, 1.807) is 0 Å². The highest BCUT2D eigenvalue weighted by Gasteiger charge is 2.22. The summed E-state index contributed by atoms with van der Waals surface area (Å²) in [5.41, 5.74) is 2.69. The lowest BCUT2D eigenvalue weighted by molar-refractivity contribution is 0.165. The first kappa shape index (κ1) is 17.8. The number of nitrogens with zero attached hydrogens (tertiary/aromatic N) is 4. The molecule has 4 nitrogen and oxygen atoms in total. The van der Waals surface area contributed by atoms with Gasteiger partial charge in [-0.25, -0.2) is 0 Å². The summed E-state index contributed by atoms with van der Waals surface area (Å²) in [6.07, 6.45) is 3.60. The second-order valence-corrected chi connectivity index (χ2v) is 6.78. The SMILES string of the molecule is CN=C(C)N1CCC(N(C)CCc2ccc(N(C)C)cc2)CC1. The Hall–Kier alpha value is -1.55. The molecule has 0 bridgehead atoms. The molecule has 0 aliphatic carbocycles. The molecule has 1 aliphatic heterocycles. The highest BCUT2D eigenvalue weighted by atomic mass is 15.2. The summed E-state index contributed by atoms with van der Waals surface area (Å²) >= 11 is 0. The summed E-state index contributed by atoms with van der Waals surface area (Å²) in [4.78, 5) is 11.4. The summed E-state index contributed by atoms with van der Waals surface area (Å²) in [7, 11) is 8.32. The molecular formula is C19H32N4. The van der Waals surface area contributed by atoms with Crippen LogP contribution in [0.25, 0.3) is 0 Å². The summed E-state index contributed by atoms with van der Waals surface area (Å²) < 4.78 is 0. The molecule has 1 aromatic rings. The molecule has 0 spiro atoms. The number of likely N-dealkylation sites (tertiary alicyclic amines) is 1. The fourth-order valence-electron chi connectivity index (χ4n) is 3.22. The van der Waals surface area contributed by atoms with Gasteiger partial charge in [-0.15, -0.1) is 0 Å². The van der Waals surface area contributed by atoms with Gasteiger partial charge in [0.15, 0.2) is 0 Å². The first-order valence-corrected chi connectivity index (χ1v) is 8.66. The lowest BCUT2D eigenvalue weighted by atomic mass is 10.0. The molecule has 2 rings (SSSR count). The van der Waals surface area contributed by atoms with Gasteiger partial charge in [-0.3, -0.25) is 4.99 Å². The molecule has 0 atom stereocenters. The number of aliphatic imine (C=N–C) groups is 1. The van der Waals surface area contributed by atoms with Crippen molar-refractivity contribution in [2.75, 3.05) is 52.7 Å². The Balaban J connectivity index is 1.78. The van der Waals surface area contributed by atoms with Crippen molar-refractivity contribution in [1.29, 1.82) is 0 Å².